The minimum atomic E-state index is -0.466. The number of benzene rings is 1. The van der Waals surface area contributed by atoms with Gasteiger partial charge in [0.1, 0.15) is 18.2 Å². The quantitative estimate of drug-likeness (QED) is 0.805. The van der Waals surface area contributed by atoms with Gasteiger partial charge in [0.15, 0.2) is 0 Å². The van der Waals surface area contributed by atoms with Crippen molar-refractivity contribution in [1.29, 1.82) is 5.26 Å². The predicted octanol–water partition coefficient (Wildman–Crippen LogP) is 0.900. The molecule has 102 valence electrons. The van der Waals surface area contributed by atoms with Crippen molar-refractivity contribution in [3.05, 3.63) is 36.2 Å². The number of nitrogens with zero attached hydrogens (tertiary/aromatic N) is 4. The van der Waals surface area contributed by atoms with Gasteiger partial charge in [0, 0.05) is 6.42 Å². The number of aromatic nitrogens is 3. The van der Waals surface area contributed by atoms with E-state index in [1.807, 2.05) is 0 Å². The largest absolute Gasteiger partial charge is 0.397 e. The molecule has 0 unspecified atom stereocenters. The van der Waals surface area contributed by atoms with E-state index in [1.54, 1.807) is 6.07 Å². The number of aryl methyl sites for hydroxylation is 1. The van der Waals surface area contributed by atoms with Gasteiger partial charge in [-0.15, -0.1) is 5.10 Å². The SMILES string of the molecule is N#Cc1ncn(CCC(=O)Nc2ccc(F)cc2N)n1. The first-order valence-electron chi connectivity index (χ1n) is 5.73. The average molecular weight is 274 g/mol. The van der Waals surface area contributed by atoms with Gasteiger partial charge in [-0.3, -0.25) is 9.48 Å². The molecule has 2 aromatic rings. The molecule has 0 aliphatic heterocycles. The fourth-order valence-electron chi connectivity index (χ4n) is 1.53. The van der Waals surface area contributed by atoms with Crippen LogP contribution in [0.4, 0.5) is 15.8 Å². The van der Waals surface area contributed by atoms with Gasteiger partial charge in [-0.2, -0.15) is 5.26 Å². The van der Waals surface area contributed by atoms with E-state index < -0.39 is 5.82 Å². The second kappa shape index (κ2) is 5.79. The molecule has 1 heterocycles. The summed E-state index contributed by atoms with van der Waals surface area (Å²) < 4.78 is 14.2. The van der Waals surface area contributed by atoms with Crippen molar-refractivity contribution in [2.75, 3.05) is 11.1 Å². The van der Waals surface area contributed by atoms with Gasteiger partial charge in [0.25, 0.3) is 5.82 Å². The molecule has 0 saturated heterocycles. The summed E-state index contributed by atoms with van der Waals surface area (Å²) >= 11 is 0. The van der Waals surface area contributed by atoms with Crippen molar-refractivity contribution in [1.82, 2.24) is 14.8 Å². The standard InChI is InChI=1S/C12H11FN6O/c13-8-1-2-10(9(15)5-8)17-12(20)3-4-19-7-16-11(6-14)18-19/h1-2,5,7H,3-4,15H2,(H,17,20). The zero-order valence-corrected chi connectivity index (χ0v) is 10.4. The maximum absolute atomic E-state index is 12.9. The van der Waals surface area contributed by atoms with Crippen LogP contribution < -0.4 is 11.1 Å². The lowest BCUT2D eigenvalue weighted by Gasteiger charge is -2.08. The van der Waals surface area contributed by atoms with Gasteiger partial charge in [0.2, 0.25) is 5.91 Å². The highest BCUT2D eigenvalue weighted by atomic mass is 19.1. The summed E-state index contributed by atoms with van der Waals surface area (Å²) in [5, 5.41) is 15.0. The first kappa shape index (κ1) is 13.5. The Kier molecular flexibility index (Phi) is 3.91. The van der Waals surface area contributed by atoms with Crippen LogP contribution in [0.5, 0.6) is 0 Å². The smallest absolute Gasteiger partial charge is 0.252 e. The molecule has 20 heavy (non-hydrogen) atoms. The van der Waals surface area contributed by atoms with Gasteiger partial charge in [-0.1, -0.05) is 0 Å². The zero-order valence-electron chi connectivity index (χ0n) is 10.4. The summed E-state index contributed by atoms with van der Waals surface area (Å²) in [7, 11) is 0. The van der Waals surface area contributed by atoms with Crippen molar-refractivity contribution in [2.45, 2.75) is 13.0 Å². The number of nitriles is 1. The highest BCUT2D eigenvalue weighted by Gasteiger charge is 2.07. The van der Waals surface area contributed by atoms with Crippen molar-refractivity contribution >= 4 is 17.3 Å². The molecule has 0 saturated carbocycles. The third kappa shape index (κ3) is 3.29. The number of halogens is 1. The van der Waals surface area contributed by atoms with E-state index in [0.29, 0.717) is 5.69 Å². The van der Waals surface area contributed by atoms with E-state index in [4.69, 9.17) is 11.0 Å². The van der Waals surface area contributed by atoms with Crippen LogP contribution in [0.2, 0.25) is 0 Å². The van der Waals surface area contributed by atoms with Crippen LogP contribution in [0.3, 0.4) is 0 Å². The Labute approximate surface area is 113 Å². The third-order valence-corrected chi connectivity index (χ3v) is 2.49. The highest BCUT2D eigenvalue weighted by molar-refractivity contribution is 5.93. The van der Waals surface area contributed by atoms with Gasteiger partial charge >= 0.3 is 0 Å². The van der Waals surface area contributed by atoms with Crippen LogP contribution in [0.15, 0.2) is 24.5 Å². The van der Waals surface area contributed by atoms with Crippen molar-refractivity contribution in [3.8, 4) is 6.07 Å². The molecule has 0 spiro atoms. The second-order valence-electron chi connectivity index (χ2n) is 3.97. The molecule has 1 amide bonds. The fourth-order valence-corrected chi connectivity index (χ4v) is 1.53. The maximum Gasteiger partial charge on any atom is 0.252 e. The molecule has 7 nitrogen and oxygen atoms in total. The highest BCUT2D eigenvalue weighted by Crippen LogP contribution is 2.19. The second-order valence-corrected chi connectivity index (χ2v) is 3.97. The third-order valence-electron chi connectivity index (χ3n) is 2.49. The number of carbonyl (C=O) groups is 1. The summed E-state index contributed by atoms with van der Waals surface area (Å²) in [6.45, 7) is 0.279. The summed E-state index contributed by atoms with van der Waals surface area (Å²) in [4.78, 5) is 15.4. The number of nitrogens with two attached hydrogens (primary N) is 1. The Morgan fingerprint density at radius 3 is 3.00 bits per heavy atom. The first-order valence-corrected chi connectivity index (χ1v) is 5.73. The van der Waals surface area contributed by atoms with E-state index in [2.05, 4.69) is 15.4 Å². The zero-order chi connectivity index (χ0) is 14.5. The molecule has 0 atom stereocenters. The monoisotopic (exact) mass is 274 g/mol. The van der Waals surface area contributed by atoms with Crippen LogP contribution >= 0.6 is 0 Å². The van der Waals surface area contributed by atoms with E-state index >= 15 is 0 Å². The van der Waals surface area contributed by atoms with Gasteiger partial charge < -0.3 is 11.1 Å². The summed E-state index contributed by atoms with van der Waals surface area (Å²) in [6.07, 6.45) is 1.50. The van der Waals surface area contributed by atoms with Crippen LogP contribution in [-0.4, -0.2) is 20.7 Å². The summed E-state index contributed by atoms with van der Waals surface area (Å²) in [6, 6.07) is 5.53. The van der Waals surface area contributed by atoms with Crippen LogP contribution in [0, 0.1) is 17.1 Å². The van der Waals surface area contributed by atoms with E-state index in [9.17, 15) is 9.18 Å². The number of rotatable bonds is 4. The van der Waals surface area contributed by atoms with Gasteiger partial charge in [-0.05, 0) is 18.2 Å². The molecule has 0 aliphatic rings. The molecule has 0 fully saturated rings. The lowest BCUT2D eigenvalue weighted by Crippen LogP contribution is -2.15. The molecule has 2 rings (SSSR count). The minimum absolute atomic E-state index is 0.0492. The van der Waals surface area contributed by atoms with Gasteiger partial charge in [-0.25, -0.2) is 9.37 Å². The Morgan fingerprint density at radius 2 is 2.35 bits per heavy atom. The average Bonchev–Trinajstić information content (AvgIpc) is 2.88. The minimum Gasteiger partial charge on any atom is -0.397 e. The number of anilines is 2. The first-order chi connectivity index (χ1) is 9.58. The molecule has 3 N–H and O–H groups in total. The Hall–Kier alpha value is -2.95. The molecule has 1 aromatic heterocycles. The van der Waals surface area contributed by atoms with Crippen LogP contribution in [0.25, 0.3) is 0 Å². The number of hydrogen-bond acceptors (Lipinski definition) is 5. The van der Waals surface area contributed by atoms with Crippen molar-refractivity contribution < 1.29 is 9.18 Å². The number of hydrogen-bond donors (Lipinski definition) is 2. The molecule has 0 radical (unpaired) electrons. The molecule has 1 aromatic carbocycles. The number of amides is 1. The predicted molar refractivity (Wildman–Crippen MR) is 68.8 cm³/mol. The number of nitrogen functional groups attached to an aromatic ring is 1. The normalized spacial score (nSPS) is 10.0. The van der Waals surface area contributed by atoms with E-state index in [1.165, 1.54) is 23.1 Å². The Bertz CT molecular complexity index is 675. The summed E-state index contributed by atoms with van der Waals surface area (Å²) in [5.74, 6) is -0.711. The van der Waals surface area contributed by atoms with Gasteiger partial charge in [0.05, 0.1) is 17.9 Å². The molecular formula is C12H11FN6O. The van der Waals surface area contributed by atoms with E-state index in [-0.39, 0.29) is 30.4 Å². The fraction of sp³-hybridized carbons (Fsp3) is 0.167. The Morgan fingerprint density at radius 1 is 1.55 bits per heavy atom. The van der Waals surface area contributed by atoms with Crippen LogP contribution in [-0.2, 0) is 11.3 Å². The van der Waals surface area contributed by atoms with Crippen LogP contribution in [0.1, 0.15) is 12.2 Å². The molecule has 8 heteroatoms. The molecule has 0 aliphatic carbocycles. The molecular weight excluding hydrogens is 263 g/mol. The topological polar surface area (TPSA) is 110 Å². The lowest BCUT2D eigenvalue weighted by molar-refractivity contribution is -0.116. The summed E-state index contributed by atoms with van der Waals surface area (Å²) in [5.41, 5.74) is 6.09. The number of nitrogens with one attached hydrogen (secondary N) is 1. The number of carbonyl (C=O) groups excluding carboxylic acids is 1. The maximum atomic E-state index is 12.9. The van der Waals surface area contributed by atoms with Crippen molar-refractivity contribution in [3.63, 3.8) is 0 Å². The molecule has 0 bridgehead atoms. The van der Waals surface area contributed by atoms with Crippen molar-refractivity contribution in [2.24, 2.45) is 0 Å². The van der Waals surface area contributed by atoms with E-state index in [0.717, 1.165) is 6.07 Å². The lowest BCUT2D eigenvalue weighted by atomic mass is 10.2. The Balaban J connectivity index is 1.91.